The molecule has 0 aromatic heterocycles. The maximum absolute atomic E-state index is 6.14. The van der Waals surface area contributed by atoms with Crippen molar-refractivity contribution in [1.82, 2.24) is 0 Å². The van der Waals surface area contributed by atoms with Crippen LogP contribution in [0.5, 0.6) is 5.75 Å². The molecule has 1 N–H and O–H groups in total. The van der Waals surface area contributed by atoms with Gasteiger partial charge in [0.2, 0.25) is 0 Å². The van der Waals surface area contributed by atoms with Crippen molar-refractivity contribution in [1.29, 1.82) is 0 Å². The predicted molar refractivity (Wildman–Crippen MR) is 89.3 cm³/mol. The monoisotopic (exact) mass is 290 g/mol. The van der Waals surface area contributed by atoms with Gasteiger partial charge < -0.3 is 9.64 Å². The summed E-state index contributed by atoms with van der Waals surface area (Å²) in [6.45, 7) is 15.9. The molecule has 0 saturated carbocycles. The van der Waals surface area contributed by atoms with Gasteiger partial charge in [-0.15, -0.1) is 0 Å². The zero-order chi connectivity index (χ0) is 15.5. The number of aryl methyl sites for hydroxylation is 1. The highest BCUT2D eigenvalue weighted by molar-refractivity contribution is 5.41. The minimum atomic E-state index is 0.133. The Morgan fingerprint density at radius 1 is 1.29 bits per heavy atom. The minimum absolute atomic E-state index is 0.133. The van der Waals surface area contributed by atoms with Gasteiger partial charge in [-0.2, -0.15) is 0 Å². The molecule has 1 saturated heterocycles. The number of piperidine rings is 1. The predicted octanol–water partition coefficient (Wildman–Crippen LogP) is 2.99. The van der Waals surface area contributed by atoms with Crippen LogP contribution in [0.3, 0.4) is 0 Å². The molecule has 0 bridgehead atoms. The molecule has 2 rings (SSSR count). The minimum Gasteiger partial charge on any atom is -0.487 e. The van der Waals surface area contributed by atoms with Gasteiger partial charge in [-0.25, -0.2) is 0 Å². The zero-order valence-electron chi connectivity index (χ0n) is 14.5. The van der Waals surface area contributed by atoms with Crippen LogP contribution in [0.25, 0.3) is 0 Å². The second kappa shape index (κ2) is 6.83. The Hall–Kier alpha value is -1.02. The Morgan fingerprint density at radius 2 is 2.05 bits per heavy atom. The van der Waals surface area contributed by atoms with E-state index in [9.17, 15) is 0 Å². The SMILES string of the molecule is Cc1ccc(OCC[NH+]2CCC[C@@H](C)C2)c(C(C)(C)C)c1. The average molecular weight is 290 g/mol. The van der Waals surface area contributed by atoms with E-state index in [0.29, 0.717) is 0 Å². The van der Waals surface area contributed by atoms with Crippen molar-refractivity contribution in [3.63, 3.8) is 0 Å². The number of likely N-dealkylation sites (tertiary alicyclic amines) is 1. The first-order valence-corrected chi connectivity index (χ1v) is 8.44. The van der Waals surface area contributed by atoms with Gasteiger partial charge in [0.1, 0.15) is 18.9 Å². The van der Waals surface area contributed by atoms with Gasteiger partial charge in [-0.3, -0.25) is 0 Å². The van der Waals surface area contributed by atoms with Crippen molar-refractivity contribution in [2.24, 2.45) is 5.92 Å². The van der Waals surface area contributed by atoms with Gasteiger partial charge in [-0.1, -0.05) is 45.4 Å². The summed E-state index contributed by atoms with van der Waals surface area (Å²) < 4.78 is 6.14. The summed E-state index contributed by atoms with van der Waals surface area (Å²) in [6, 6.07) is 6.57. The summed E-state index contributed by atoms with van der Waals surface area (Å²) in [6.07, 6.45) is 2.77. The third-order valence-electron chi connectivity index (χ3n) is 4.52. The third-order valence-corrected chi connectivity index (χ3v) is 4.52. The lowest BCUT2D eigenvalue weighted by molar-refractivity contribution is -0.908. The lowest BCUT2D eigenvalue weighted by Crippen LogP contribution is -3.14. The lowest BCUT2D eigenvalue weighted by Gasteiger charge is -2.28. The maximum Gasteiger partial charge on any atom is 0.137 e. The van der Waals surface area contributed by atoms with Gasteiger partial charge >= 0.3 is 0 Å². The largest absolute Gasteiger partial charge is 0.487 e. The highest BCUT2D eigenvalue weighted by Gasteiger charge is 2.21. The number of rotatable bonds is 4. The fourth-order valence-electron chi connectivity index (χ4n) is 3.29. The van der Waals surface area contributed by atoms with Crippen LogP contribution in [0, 0.1) is 12.8 Å². The summed E-state index contributed by atoms with van der Waals surface area (Å²) in [7, 11) is 0. The quantitative estimate of drug-likeness (QED) is 0.900. The van der Waals surface area contributed by atoms with E-state index >= 15 is 0 Å². The van der Waals surface area contributed by atoms with E-state index in [1.54, 1.807) is 4.90 Å². The summed E-state index contributed by atoms with van der Waals surface area (Å²) in [4.78, 5) is 1.71. The van der Waals surface area contributed by atoms with Gasteiger partial charge in [0.05, 0.1) is 13.1 Å². The molecule has 1 heterocycles. The summed E-state index contributed by atoms with van der Waals surface area (Å²) in [5.74, 6) is 1.94. The highest BCUT2D eigenvalue weighted by atomic mass is 16.5. The smallest absolute Gasteiger partial charge is 0.137 e. The molecule has 2 nitrogen and oxygen atoms in total. The molecule has 0 amide bonds. The van der Waals surface area contributed by atoms with Gasteiger partial charge in [0.15, 0.2) is 0 Å². The van der Waals surface area contributed by atoms with E-state index in [1.165, 1.54) is 37.1 Å². The number of quaternary nitrogens is 1. The van der Waals surface area contributed by atoms with E-state index in [1.807, 2.05) is 0 Å². The van der Waals surface area contributed by atoms with E-state index < -0.39 is 0 Å². The first-order valence-electron chi connectivity index (χ1n) is 8.44. The fraction of sp³-hybridized carbons (Fsp3) is 0.684. The van der Waals surface area contributed by atoms with E-state index in [2.05, 4.69) is 52.8 Å². The molecule has 21 heavy (non-hydrogen) atoms. The maximum atomic E-state index is 6.14. The summed E-state index contributed by atoms with van der Waals surface area (Å²) >= 11 is 0. The number of ether oxygens (including phenoxy) is 1. The fourth-order valence-corrected chi connectivity index (χ4v) is 3.29. The molecule has 118 valence electrons. The molecule has 0 spiro atoms. The van der Waals surface area contributed by atoms with Crippen molar-refractivity contribution in [2.75, 3.05) is 26.2 Å². The Bertz CT molecular complexity index is 461. The van der Waals surface area contributed by atoms with Gasteiger partial charge in [0, 0.05) is 5.92 Å². The standard InChI is InChI=1S/C19H31NO/c1-15-8-9-18(17(13-15)19(3,4)5)21-12-11-20-10-6-7-16(2)14-20/h8-9,13,16H,6-7,10-12,14H2,1-5H3/p+1/t16-/m1/s1. The average Bonchev–Trinajstić information content (AvgIpc) is 2.39. The van der Waals surface area contributed by atoms with E-state index in [4.69, 9.17) is 4.74 Å². The first kappa shape index (κ1) is 16.4. The lowest BCUT2D eigenvalue weighted by atomic mass is 9.85. The number of hydrogen-bond acceptors (Lipinski definition) is 1. The van der Waals surface area contributed by atoms with Crippen LogP contribution in [-0.2, 0) is 5.41 Å². The van der Waals surface area contributed by atoms with Crippen molar-refractivity contribution in [3.05, 3.63) is 29.3 Å². The molecule has 0 aliphatic carbocycles. The Kier molecular flexibility index (Phi) is 5.32. The molecular weight excluding hydrogens is 258 g/mol. The molecule has 2 atom stereocenters. The second-order valence-corrected chi connectivity index (χ2v) is 7.80. The van der Waals surface area contributed by atoms with E-state index in [-0.39, 0.29) is 5.41 Å². The van der Waals surface area contributed by atoms with Crippen molar-refractivity contribution < 1.29 is 9.64 Å². The van der Waals surface area contributed by atoms with Crippen LogP contribution in [0.4, 0.5) is 0 Å². The second-order valence-electron chi connectivity index (χ2n) is 7.80. The molecule has 1 unspecified atom stereocenters. The zero-order valence-corrected chi connectivity index (χ0v) is 14.5. The van der Waals surface area contributed by atoms with Crippen LogP contribution < -0.4 is 9.64 Å². The Morgan fingerprint density at radius 3 is 2.71 bits per heavy atom. The van der Waals surface area contributed by atoms with Crippen molar-refractivity contribution >= 4 is 0 Å². The number of hydrogen-bond donors (Lipinski definition) is 1. The first-order chi connectivity index (χ1) is 9.86. The van der Waals surface area contributed by atoms with Crippen LogP contribution in [0.1, 0.15) is 51.7 Å². The molecule has 1 aliphatic rings. The van der Waals surface area contributed by atoms with Crippen LogP contribution >= 0.6 is 0 Å². The molecule has 1 aliphatic heterocycles. The highest BCUT2D eigenvalue weighted by Crippen LogP contribution is 2.31. The van der Waals surface area contributed by atoms with Gasteiger partial charge in [-0.05, 0) is 36.8 Å². The Balaban J connectivity index is 1.94. The van der Waals surface area contributed by atoms with Crippen LogP contribution in [0.2, 0.25) is 0 Å². The summed E-state index contributed by atoms with van der Waals surface area (Å²) in [5.41, 5.74) is 2.76. The molecular formula is C19H32NO+. The molecule has 1 fully saturated rings. The molecule has 1 aromatic rings. The van der Waals surface area contributed by atoms with E-state index in [0.717, 1.165) is 24.8 Å². The summed E-state index contributed by atoms with van der Waals surface area (Å²) in [5, 5.41) is 0. The van der Waals surface area contributed by atoms with Crippen LogP contribution in [0.15, 0.2) is 18.2 Å². The molecule has 0 radical (unpaired) electrons. The molecule has 1 aromatic carbocycles. The topological polar surface area (TPSA) is 13.7 Å². The van der Waals surface area contributed by atoms with Crippen LogP contribution in [-0.4, -0.2) is 26.2 Å². The Labute approximate surface area is 130 Å². The van der Waals surface area contributed by atoms with Crippen molar-refractivity contribution in [2.45, 2.75) is 52.9 Å². The molecule has 2 heteroatoms. The number of benzene rings is 1. The normalized spacial score (nSPS) is 23.1. The third kappa shape index (κ3) is 4.74. The van der Waals surface area contributed by atoms with Crippen molar-refractivity contribution in [3.8, 4) is 5.75 Å². The van der Waals surface area contributed by atoms with Gasteiger partial charge in [0.25, 0.3) is 0 Å². The number of nitrogens with one attached hydrogen (secondary N) is 1.